The lowest BCUT2D eigenvalue weighted by Crippen LogP contribution is -2.43. The van der Waals surface area contributed by atoms with E-state index >= 15 is 0 Å². The Morgan fingerprint density at radius 3 is 1.20 bits per heavy atom. The van der Waals surface area contributed by atoms with Crippen molar-refractivity contribution in [3.8, 4) is 22.9 Å². The first kappa shape index (κ1) is 90.1. The molecule has 7 N–H and O–H groups in total. The van der Waals surface area contributed by atoms with Crippen molar-refractivity contribution in [2.24, 2.45) is 11.5 Å². The van der Waals surface area contributed by atoms with Gasteiger partial charge in [-0.2, -0.15) is 0 Å². The monoisotopic (exact) mass is 1790 g/mol. The fourth-order valence-corrected chi connectivity index (χ4v) is 16.3. The molecule has 11 aromatic heterocycles. The molecule has 6 saturated heterocycles. The number of cyclic esters (lactones) is 2. The number of fused-ring (bicyclic) bond motifs is 4. The molecule has 1 aromatic carbocycles. The number of pyridine rings is 7. The van der Waals surface area contributed by atoms with Crippen LogP contribution in [0.2, 0.25) is 0 Å². The van der Waals surface area contributed by atoms with Crippen molar-refractivity contribution in [1.82, 2.24) is 82.8 Å². The van der Waals surface area contributed by atoms with Crippen LogP contribution in [-0.2, 0) is 19.5 Å². The van der Waals surface area contributed by atoms with Gasteiger partial charge in [0.25, 0.3) is 29.5 Å². The van der Waals surface area contributed by atoms with Gasteiger partial charge in [-0.1, -0.05) is 6.07 Å². The van der Waals surface area contributed by atoms with Gasteiger partial charge in [-0.05, 0) is 176 Å². The van der Waals surface area contributed by atoms with Crippen LogP contribution in [0.3, 0.4) is 0 Å². The first-order valence-corrected chi connectivity index (χ1v) is 44.1. The Balaban J connectivity index is 0.000000132. The number of piperidine rings is 4. The number of carbonyl (C=O) groups is 8. The van der Waals surface area contributed by atoms with Crippen molar-refractivity contribution in [2.75, 3.05) is 108 Å². The molecule has 17 heterocycles. The molecule has 674 valence electrons. The number of hydrogen-bond donors (Lipinski definition) is 5. The summed E-state index contributed by atoms with van der Waals surface area (Å²) in [7, 11) is -3.31. The highest BCUT2D eigenvalue weighted by atomic mass is 32.2. The first-order chi connectivity index (χ1) is 61.5. The van der Waals surface area contributed by atoms with E-state index in [9.17, 15) is 64.3 Å². The maximum absolute atomic E-state index is 14.1. The molecule has 6 fully saturated rings. The van der Waals surface area contributed by atoms with E-state index in [1.165, 1.54) is 34.5 Å². The van der Waals surface area contributed by atoms with Crippen molar-refractivity contribution in [2.45, 2.75) is 114 Å². The Bertz CT molecular complexity index is 6340. The van der Waals surface area contributed by atoms with Crippen LogP contribution >= 0.6 is 0 Å². The number of likely N-dealkylation sites (tertiary alicyclic amines) is 4. The number of nitrogens with two attached hydrogens (primary N) is 2. The number of amides is 7. The molecule has 129 heavy (non-hydrogen) atoms. The Morgan fingerprint density at radius 2 is 0.806 bits per heavy atom. The highest BCUT2D eigenvalue weighted by molar-refractivity contribution is 7.88. The van der Waals surface area contributed by atoms with Crippen molar-refractivity contribution < 1.29 is 78.9 Å². The number of carboxylic acids is 1. The largest absolute Gasteiger partial charge is 0.478 e. The van der Waals surface area contributed by atoms with Gasteiger partial charge in [-0.15, -0.1) is 0 Å². The molecule has 34 nitrogen and oxygen atoms in total. The van der Waals surface area contributed by atoms with Crippen molar-refractivity contribution >= 4 is 113 Å². The lowest BCUT2D eigenvalue weighted by Gasteiger charge is -2.34. The SMILES string of the molecule is CC1(F)CCN(C(=O)c2cnc3c(ccn3-c3ccc(C(=O)O)cn3)c2)CC1.CC1(F)CCN(C(=O)c2cnc3c(ccn3-c3ccc(N4C[C@@H](CN)OC4=O)nc3)c2)CC1.CC1(F)CCN(C(=O)c2cnc3c(ccn3-c3cccc(C(=O)NCCNS(C)(=O)=O)c3)c2)CC1.CC1(F)CCN(C(=O)c2cnc3c(ccn3-c3cncc(N4C[C@@H](CN)OC4=O)c3)c2)CC1. The summed E-state index contributed by atoms with van der Waals surface area (Å²) in [5.74, 6) is -0.930. The molecule has 6 aliphatic rings. The molecule has 0 radical (unpaired) electrons. The number of anilines is 2. The summed E-state index contributed by atoms with van der Waals surface area (Å²) in [4.78, 5) is 139. The highest BCUT2D eigenvalue weighted by Gasteiger charge is 2.39. The van der Waals surface area contributed by atoms with E-state index < -0.39 is 50.9 Å². The fraction of sp³-hybridized carbons (Fsp3) is 0.367. The topological polar surface area (TPSA) is 415 Å². The number of sulfonamides is 1. The van der Waals surface area contributed by atoms with E-state index in [0.29, 0.717) is 190 Å². The zero-order valence-corrected chi connectivity index (χ0v) is 72.3. The molecule has 2 atom stereocenters. The minimum absolute atomic E-state index is 0.0992. The third kappa shape index (κ3) is 21.0. The molecule has 6 aliphatic heterocycles. The number of carbonyl (C=O) groups excluding carboxylic acids is 7. The number of benzene rings is 1. The maximum Gasteiger partial charge on any atom is 0.415 e. The molecule has 12 aromatic rings. The summed E-state index contributed by atoms with van der Waals surface area (Å²) in [5, 5.41) is 14.8. The standard InChI is InChI=1S/C24H28FN5O4S.2C23H25FN6O3.C20H19FN4O3/c1-24(25)7-12-29(13-8-24)23(32)19-14-17-6-11-30(21(17)27-16-19)20-5-3-4-18(15-20)22(31)26-9-10-28-35(2,33)34;1-23(24)3-6-28(7-4-23)21(31)16-8-15-2-5-29(20(15)27-11-16)17-9-18(13-26-12-17)30-14-19(10-25)33-22(30)32;1-23(24)5-8-28(9-6-23)21(31)16-10-15-4-7-29(20(15)27-12-16)17-2-3-19(26-13-17)30-14-18(11-25)33-22(30)32;1-20(21)5-8-24(9-6-20)18(26)15-10-13-4-7-25(17(13)23-12-15)16-3-2-14(11-22-16)19(27)28/h3-6,11,14-16,28H,7-10,12-13H2,1-2H3,(H,26,31);2,5,8-9,11-13,19H,3-4,6-7,10,14,25H2,1H3;2-4,7,10,12-13,18H,5-6,8-9,11,14,25H2,1H3;2-4,7,10-12H,5-6,8-9H2,1H3,(H,27,28)/t;19-;18-;/m.11./s1. The van der Waals surface area contributed by atoms with Gasteiger partial charge in [0.1, 0.15) is 69.1 Å². The average molecular weight is 1790 g/mol. The number of hydrogen-bond acceptors (Lipinski definition) is 21. The molecule has 0 spiro atoms. The van der Waals surface area contributed by atoms with Gasteiger partial charge in [0.2, 0.25) is 10.0 Å². The molecule has 7 amide bonds. The van der Waals surface area contributed by atoms with Crippen molar-refractivity contribution in [3.63, 3.8) is 0 Å². The maximum atomic E-state index is 14.1. The highest BCUT2D eigenvalue weighted by Crippen LogP contribution is 2.35. The van der Waals surface area contributed by atoms with Gasteiger partial charge in [0, 0.05) is 167 Å². The van der Waals surface area contributed by atoms with E-state index in [1.807, 2.05) is 74.8 Å². The van der Waals surface area contributed by atoms with Crippen LogP contribution < -0.4 is 31.3 Å². The average Bonchev–Trinajstić information content (AvgIpc) is 1.66. The predicted molar refractivity (Wildman–Crippen MR) is 472 cm³/mol. The van der Waals surface area contributed by atoms with Gasteiger partial charge in [0.15, 0.2) is 0 Å². The zero-order valence-electron chi connectivity index (χ0n) is 71.5. The van der Waals surface area contributed by atoms with Gasteiger partial charge in [0.05, 0.1) is 82.8 Å². The minimum atomic E-state index is -3.31. The molecular weight excluding hydrogens is 1690 g/mol. The number of aromatic carboxylic acids is 1. The molecule has 0 unspecified atom stereocenters. The number of carboxylic acid groups (broad SMARTS) is 1. The second kappa shape index (κ2) is 37.3. The van der Waals surface area contributed by atoms with E-state index in [1.54, 1.807) is 144 Å². The summed E-state index contributed by atoms with van der Waals surface area (Å²) >= 11 is 0. The summed E-state index contributed by atoms with van der Waals surface area (Å²) < 4.78 is 98.4. The minimum Gasteiger partial charge on any atom is -0.478 e. The van der Waals surface area contributed by atoms with Crippen molar-refractivity contribution in [3.05, 3.63) is 211 Å². The number of rotatable bonds is 18. The molecule has 18 rings (SSSR count). The second-order valence-electron chi connectivity index (χ2n) is 33.8. The van der Waals surface area contributed by atoms with Gasteiger partial charge >= 0.3 is 18.2 Å². The van der Waals surface area contributed by atoms with Crippen LogP contribution in [0.25, 0.3) is 67.0 Å². The summed E-state index contributed by atoms with van der Waals surface area (Å²) in [6.07, 6.45) is 21.8. The van der Waals surface area contributed by atoms with Crippen LogP contribution in [0.15, 0.2) is 177 Å². The Hall–Kier alpha value is -13.7. The van der Waals surface area contributed by atoms with Crippen molar-refractivity contribution in [1.29, 1.82) is 0 Å². The van der Waals surface area contributed by atoms with Crippen LogP contribution in [0.5, 0.6) is 0 Å². The second-order valence-corrected chi connectivity index (χ2v) is 35.6. The summed E-state index contributed by atoms with van der Waals surface area (Å²) in [6.45, 7) is 11.0. The number of ether oxygens (including phenoxy) is 2. The third-order valence-corrected chi connectivity index (χ3v) is 24.5. The summed E-state index contributed by atoms with van der Waals surface area (Å²) in [5.41, 5.74) is 14.1. The Labute approximate surface area is 738 Å². The van der Waals surface area contributed by atoms with E-state index in [-0.39, 0.29) is 73.5 Å². The molecule has 0 aliphatic carbocycles. The lowest BCUT2D eigenvalue weighted by atomic mass is 9.95. The number of alkyl halides is 4. The summed E-state index contributed by atoms with van der Waals surface area (Å²) in [6, 6.07) is 30.0. The number of nitrogens with one attached hydrogen (secondary N) is 2. The van der Waals surface area contributed by atoms with Gasteiger partial charge < -0.3 is 55.5 Å². The lowest BCUT2D eigenvalue weighted by molar-refractivity contribution is 0.0493. The van der Waals surface area contributed by atoms with E-state index in [0.717, 1.165) is 39.2 Å². The molecule has 0 bridgehead atoms. The van der Waals surface area contributed by atoms with Gasteiger partial charge in [-0.25, -0.2) is 75.0 Å². The smallest absolute Gasteiger partial charge is 0.415 e. The predicted octanol–water partition coefficient (Wildman–Crippen LogP) is 10.7. The third-order valence-electron chi connectivity index (χ3n) is 23.7. The quantitative estimate of drug-likeness (QED) is 0.0393. The Morgan fingerprint density at radius 1 is 0.426 bits per heavy atom. The molecule has 39 heteroatoms. The van der Waals surface area contributed by atoms with Gasteiger partial charge in [-0.3, -0.25) is 52.5 Å². The number of halogens is 4. The van der Waals surface area contributed by atoms with E-state index in [4.69, 9.17) is 26.0 Å². The number of nitrogens with zero attached hydrogens (tertiary/aromatic N) is 17. The van der Waals surface area contributed by atoms with E-state index in [2.05, 4.69) is 44.9 Å². The first-order valence-electron chi connectivity index (χ1n) is 42.2. The molecule has 0 saturated carbocycles. The van der Waals surface area contributed by atoms with Crippen LogP contribution in [0.4, 0.5) is 38.7 Å². The zero-order chi connectivity index (χ0) is 91.4. The van der Waals surface area contributed by atoms with Crippen LogP contribution in [0, 0.1) is 0 Å². The fourth-order valence-electron chi connectivity index (χ4n) is 15.8. The van der Waals surface area contributed by atoms with Crippen LogP contribution in [0.1, 0.15) is 141 Å². The molecular formula is C90H97F4N21O13S. The Kier molecular flexibility index (Phi) is 26.1. The van der Waals surface area contributed by atoms with Crippen LogP contribution in [-0.4, -0.2) is 267 Å². The normalized spacial score (nSPS) is 18.2. The number of aromatic nitrogens is 11.